The van der Waals surface area contributed by atoms with Gasteiger partial charge < -0.3 is 9.47 Å². The molecular weight excluding hydrogens is 240 g/mol. The average Bonchev–Trinajstić information content (AvgIpc) is 2.40. The molecule has 0 aliphatic carbocycles. The molecule has 0 radical (unpaired) electrons. The van der Waals surface area contributed by atoms with Crippen molar-refractivity contribution in [2.45, 2.75) is 44.8 Å². The fourth-order valence-corrected chi connectivity index (χ4v) is 2.86. The number of hydrogen-bond acceptors (Lipinski definition) is 4. The minimum atomic E-state index is -0.284. The van der Waals surface area contributed by atoms with Crippen LogP contribution in [0.25, 0.3) is 0 Å². The van der Waals surface area contributed by atoms with Crippen LogP contribution in [0.15, 0.2) is 18.2 Å². The second kappa shape index (κ2) is 5.90. The molecule has 2 rings (SSSR count). The van der Waals surface area contributed by atoms with E-state index >= 15 is 0 Å². The van der Waals surface area contributed by atoms with Crippen LogP contribution in [0.4, 0.5) is 0 Å². The molecule has 1 fully saturated rings. The summed E-state index contributed by atoms with van der Waals surface area (Å²) in [4.78, 5) is 0. The fraction of sp³-hybridized carbons (Fsp3) is 0.600. The molecule has 4 heteroatoms. The van der Waals surface area contributed by atoms with E-state index in [2.05, 4.69) is 25.3 Å². The Kier molecular flexibility index (Phi) is 4.45. The van der Waals surface area contributed by atoms with Gasteiger partial charge in [-0.1, -0.05) is 17.7 Å². The Hall–Kier alpha value is -1.10. The summed E-state index contributed by atoms with van der Waals surface area (Å²) in [6.07, 6.45) is 3.29. The number of hydrazine groups is 1. The van der Waals surface area contributed by atoms with E-state index in [1.54, 1.807) is 7.11 Å². The molecule has 0 spiro atoms. The third-order valence-corrected chi connectivity index (χ3v) is 3.97. The molecule has 19 heavy (non-hydrogen) atoms. The van der Waals surface area contributed by atoms with Gasteiger partial charge in [0.25, 0.3) is 0 Å². The summed E-state index contributed by atoms with van der Waals surface area (Å²) in [5.41, 5.74) is 4.90. The van der Waals surface area contributed by atoms with Crippen LogP contribution in [-0.4, -0.2) is 19.3 Å². The number of rotatable bonds is 4. The van der Waals surface area contributed by atoms with E-state index in [0.717, 1.165) is 30.8 Å². The molecule has 2 atom stereocenters. The van der Waals surface area contributed by atoms with E-state index in [4.69, 9.17) is 15.3 Å². The first-order chi connectivity index (χ1) is 9.10. The first kappa shape index (κ1) is 14.3. The van der Waals surface area contributed by atoms with Crippen LogP contribution in [0.1, 0.15) is 43.4 Å². The molecule has 1 aliphatic heterocycles. The number of ether oxygens (including phenoxy) is 2. The van der Waals surface area contributed by atoms with Crippen molar-refractivity contribution < 1.29 is 9.47 Å². The van der Waals surface area contributed by atoms with E-state index in [1.807, 2.05) is 12.1 Å². The SMILES string of the molecule is COc1ccc(C)cc1C(NN)C1(C)CCCCO1. The highest BCUT2D eigenvalue weighted by molar-refractivity contribution is 5.40. The van der Waals surface area contributed by atoms with E-state index in [0.29, 0.717) is 0 Å². The largest absolute Gasteiger partial charge is 0.496 e. The third-order valence-electron chi connectivity index (χ3n) is 3.97. The summed E-state index contributed by atoms with van der Waals surface area (Å²) in [5, 5.41) is 0. The van der Waals surface area contributed by atoms with E-state index in [9.17, 15) is 0 Å². The van der Waals surface area contributed by atoms with E-state index in [-0.39, 0.29) is 11.6 Å². The van der Waals surface area contributed by atoms with Gasteiger partial charge in [0.15, 0.2) is 0 Å². The van der Waals surface area contributed by atoms with Crippen molar-refractivity contribution in [3.05, 3.63) is 29.3 Å². The summed E-state index contributed by atoms with van der Waals surface area (Å²) in [7, 11) is 1.69. The molecular formula is C15H24N2O2. The minimum Gasteiger partial charge on any atom is -0.496 e. The van der Waals surface area contributed by atoms with Gasteiger partial charge >= 0.3 is 0 Å². The second-order valence-electron chi connectivity index (χ2n) is 5.46. The Morgan fingerprint density at radius 1 is 1.42 bits per heavy atom. The highest BCUT2D eigenvalue weighted by Crippen LogP contribution is 2.39. The van der Waals surface area contributed by atoms with E-state index < -0.39 is 0 Å². The van der Waals surface area contributed by atoms with Gasteiger partial charge in [0.1, 0.15) is 5.75 Å². The standard InChI is InChI=1S/C15H24N2O2/c1-11-6-7-13(18-3)12(10-11)14(17-16)15(2)8-4-5-9-19-15/h6-7,10,14,17H,4-5,8-9,16H2,1-3H3. The van der Waals surface area contributed by atoms with Crippen LogP contribution in [0.3, 0.4) is 0 Å². The third kappa shape index (κ3) is 2.91. The van der Waals surface area contributed by atoms with E-state index in [1.165, 1.54) is 12.0 Å². The Labute approximate surface area is 115 Å². The average molecular weight is 264 g/mol. The van der Waals surface area contributed by atoms with Gasteiger partial charge in [-0.2, -0.15) is 0 Å². The van der Waals surface area contributed by atoms with Crippen molar-refractivity contribution in [2.75, 3.05) is 13.7 Å². The molecule has 3 N–H and O–H groups in total. The summed E-state index contributed by atoms with van der Waals surface area (Å²) in [6.45, 7) is 4.99. The Balaban J connectivity index is 2.38. The maximum Gasteiger partial charge on any atom is 0.123 e. The Morgan fingerprint density at radius 3 is 2.79 bits per heavy atom. The molecule has 0 aromatic heterocycles. The summed E-state index contributed by atoms with van der Waals surface area (Å²) < 4.78 is 11.5. The van der Waals surface area contributed by atoms with Crippen molar-refractivity contribution in [1.82, 2.24) is 5.43 Å². The molecule has 1 aromatic rings. The van der Waals surface area contributed by atoms with Gasteiger partial charge in [-0.15, -0.1) is 0 Å². The zero-order valence-electron chi connectivity index (χ0n) is 12.0. The lowest BCUT2D eigenvalue weighted by Gasteiger charge is -2.40. The zero-order chi connectivity index (χ0) is 13.9. The fourth-order valence-electron chi connectivity index (χ4n) is 2.86. The summed E-state index contributed by atoms with van der Waals surface area (Å²) in [6, 6.07) is 6.08. The highest BCUT2D eigenvalue weighted by Gasteiger charge is 2.38. The first-order valence-corrected chi connectivity index (χ1v) is 6.85. The number of nitrogens with one attached hydrogen (secondary N) is 1. The number of methoxy groups -OCH3 is 1. The smallest absolute Gasteiger partial charge is 0.123 e. The molecule has 1 aromatic carbocycles. The molecule has 0 bridgehead atoms. The molecule has 106 valence electrons. The predicted octanol–water partition coefficient (Wildman–Crippen LogP) is 2.47. The molecule has 4 nitrogen and oxygen atoms in total. The van der Waals surface area contributed by atoms with Gasteiger partial charge in [-0.05, 0) is 39.2 Å². The normalized spacial score (nSPS) is 25.1. The topological polar surface area (TPSA) is 56.5 Å². The summed E-state index contributed by atoms with van der Waals surface area (Å²) in [5.74, 6) is 6.66. The maximum atomic E-state index is 6.01. The zero-order valence-corrected chi connectivity index (χ0v) is 12.0. The molecule has 2 unspecified atom stereocenters. The van der Waals surface area contributed by atoms with Crippen molar-refractivity contribution in [2.24, 2.45) is 5.84 Å². The molecule has 1 heterocycles. The van der Waals surface area contributed by atoms with Crippen LogP contribution in [0.5, 0.6) is 5.75 Å². The van der Waals surface area contributed by atoms with Gasteiger partial charge in [0.2, 0.25) is 0 Å². The van der Waals surface area contributed by atoms with Gasteiger partial charge in [-0.25, -0.2) is 5.43 Å². The minimum absolute atomic E-state index is 0.0670. The number of hydrogen-bond donors (Lipinski definition) is 2. The van der Waals surface area contributed by atoms with Crippen molar-refractivity contribution in [3.8, 4) is 5.75 Å². The first-order valence-electron chi connectivity index (χ1n) is 6.85. The van der Waals surface area contributed by atoms with Gasteiger partial charge in [-0.3, -0.25) is 5.84 Å². The Morgan fingerprint density at radius 2 is 2.21 bits per heavy atom. The highest BCUT2D eigenvalue weighted by atomic mass is 16.5. The van der Waals surface area contributed by atoms with Crippen LogP contribution in [-0.2, 0) is 4.74 Å². The van der Waals surface area contributed by atoms with Crippen molar-refractivity contribution >= 4 is 0 Å². The summed E-state index contributed by atoms with van der Waals surface area (Å²) >= 11 is 0. The van der Waals surface area contributed by atoms with Gasteiger partial charge in [0.05, 0.1) is 18.8 Å². The molecule has 0 saturated carbocycles. The number of benzene rings is 1. The molecule has 1 saturated heterocycles. The predicted molar refractivity (Wildman–Crippen MR) is 76.0 cm³/mol. The monoisotopic (exact) mass is 264 g/mol. The van der Waals surface area contributed by atoms with Crippen molar-refractivity contribution in [3.63, 3.8) is 0 Å². The lowest BCUT2D eigenvalue weighted by molar-refractivity contribution is -0.0902. The maximum absolute atomic E-state index is 6.01. The van der Waals surface area contributed by atoms with Crippen LogP contribution < -0.4 is 16.0 Å². The van der Waals surface area contributed by atoms with Crippen molar-refractivity contribution in [1.29, 1.82) is 0 Å². The number of aryl methyl sites for hydroxylation is 1. The van der Waals surface area contributed by atoms with Crippen LogP contribution in [0, 0.1) is 6.92 Å². The quantitative estimate of drug-likeness (QED) is 0.648. The molecule has 1 aliphatic rings. The lowest BCUT2D eigenvalue weighted by Crippen LogP contribution is -2.48. The van der Waals surface area contributed by atoms with Gasteiger partial charge in [0, 0.05) is 12.2 Å². The Bertz CT molecular complexity index is 428. The van der Waals surface area contributed by atoms with Crippen LogP contribution in [0.2, 0.25) is 0 Å². The number of nitrogens with two attached hydrogens (primary N) is 1. The van der Waals surface area contributed by atoms with Crippen LogP contribution >= 0.6 is 0 Å². The molecule has 0 amide bonds. The lowest BCUT2D eigenvalue weighted by atomic mass is 9.83. The second-order valence-corrected chi connectivity index (χ2v) is 5.46.